The minimum absolute atomic E-state index is 0.000378. The van der Waals surface area contributed by atoms with Crippen LogP contribution in [0.3, 0.4) is 0 Å². The fourth-order valence-corrected chi connectivity index (χ4v) is 5.45. The number of ether oxygens (including phenoxy) is 1. The Bertz CT molecular complexity index is 1460. The summed E-state index contributed by atoms with van der Waals surface area (Å²) in [5, 5.41) is 6.55. The summed E-state index contributed by atoms with van der Waals surface area (Å²) < 4.78 is 37.5. The average Bonchev–Trinajstić information content (AvgIpc) is 3.46. The highest BCUT2D eigenvalue weighted by atomic mass is 19.1. The Hall–Kier alpha value is -3.54. The first-order chi connectivity index (χ1) is 18.4. The van der Waals surface area contributed by atoms with Gasteiger partial charge in [-0.2, -0.15) is 0 Å². The predicted molar refractivity (Wildman–Crippen MR) is 140 cm³/mol. The monoisotopic (exact) mass is 520 g/mol. The summed E-state index contributed by atoms with van der Waals surface area (Å²) in [6.07, 6.45) is 3.13. The van der Waals surface area contributed by atoms with Crippen LogP contribution in [0.2, 0.25) is 0 Å². The Morgan fingerprint density at radius 1 is 1.11 bits per heavy atom. The molecule has 0 radical (unpaired) electrons. The van der Waals surface area contributed by atoms with Crippen LogP contribution in [0.15, 0.2) is 36.7 Å². The lowest BCUT2D eigenvalue weighted by molar-refractivity contribution is 0.0175. The third kappa shape index (κ3) is 4.72. The van der Waals surface area contributed by atoms with E-state index < -0.39 is 11.6 Å². The molecule has 1 aromatic carbocycles. The number of morpholine rings is 1. The number of rotatable bonds is 6. The van der Waals surface area contributed by atoms with Gasteiger partial charge >= 0.3 is 0 Å². The molecule has 2 saturated heterocycles. The molecule has 198 valence electrons. The molecule has 3 aromatic heterocycles. The molecule has 0 spiro atoms. The van der Waals surface area contributed by atoms with Crippen molar-refractivity contribution in [2.45, 2.75) is 45.5 Å². The van der Waals surface area contributed by atoms with Gasteiger partial charge in [-0.25, -0.2) is 28.7 Å². The fraction of sp³-hybridized carbons (Fsp3) is 0.407. The second-order valence-corrected chi connectivity index (χ2v) is 10.2. The molecule has 1 unspecified atom stereocenters. The van der Waals surface area contributed by atoms with Crippen molar-refractivity contribution in [3.8, 4) is 11.3 Å². The first kappa shape index (κ1) is 24.8. The van der Waals surface area contributed by atoms with Gasteiger partial charge in [-0.3, -0.25) is 4.90 Å². The van der Waals surface area contributed by atoms with E-state index in [1.807, 2.05) is 43.7 Å². The number of nitrogens with one attached hydrogen (secondary N) is 2. The molecule has 2 aliphatic rings. The standard InChI is InChI=1S/C27H30F2N8O/c1-15(2)37-16(3)33-26-19(28)8-18(9-22(26)37)25-20(29)11-32-27(35-25)34-24-5-4-17(10-31-24)12-36-13-21-23(14-36)38-7-6-30-21/h4-5,8-11,15,21,23,30H,6-7,12-14H2,1-3H3,(H,31,32,34,35)/t21?,23-/m0/s1. The van der Waals surface area contributed by atoms with Crippen molar-refractivity contribution in [3.05, 3.63) is 59.7 Å². The first-order valence-corrected chi connectivity index (χ1v) is 12.9. The lowest BCUT2D eigenvalue weighted by atomic mass is 10.1. The summed E-state index contributed by atoms with van der Waals surface area (Å²) in [5.41, 5.74) is 2.24. The fourth-order valence-electron chi connectivity index (χ4n) is 5.45. The number of hydrogen-bond acceptors (Lipinski definition) is 8. The SMILES string of the molecule is Cc1nc2c(F)cc(-c3nc(Nc4ccc(CN5CC6NCCO[C@H]6C5)cn4)ncc3F)cc2n1C(C)C. The molecule has 2 N–H and O–H groups in total. The number of likely N-dealkylation sites (tertiary alicyclic amines) is 1. The van der Waals surface area contributed by atoms with Gasteiger partial charge in [0.15, 0.2) is 11.6 Å². The maximum Gasteiger partial charge on any atom is 0.229 e. The van der Waals surface area contributed by atoms with E-state index in [0.29, 0.717) is 28.8 Å². The van der Waals surface area contributed by atoms with E-state index >= 15 is 0 Å². The number of nitrogens with zero attached hydrogens (tertiary/aromatic N) is 6. The van der Waals surface area contributed by atoms with Crippen LogP contribution in [0.1, 0.15) is 31.3 Å². The third-order valence-corrected chi connectivity index (χ3v) is 7.11. The highest BCUT2D eigenvalue weighted by molar-refractivity contribution is 5.83. The van der Waals surface area contributed by atoms with Gasteiger partial charge < -0.3 is 19.9 Å². The van der Waals surface area contributed by atoms with Crippen LogP contribution < -0.4 is 10.6 Å². The molecule has 4 aromatic rings. The smallest absolute Gasteiger partial charge is 0.229 e. The van der Waals surface area contributed by atoms with Crippen molar-refractivity contribution in [3.63, 3.8) is 0 Å². The maximum atomic E-state index is 15.0. The van der Waals surface area contributed by atoms with Crippen LogP contribution in [-0.2, 0) is 11.3 Å². The molecule has 11 heteroatoms. The van der Waals surface area contributed by atoms with E-state index in [4.69, 9.17) is 4.74 Å². The number of imidazole rings is 1. The Kier molecular flexibility index (Phi) is 6.50. The Balaban J connectivity index is 1.20. The van der Waals surface area contributed by atoms with Gasteiger partial charge in [-0.05, 0) is 44.5 Å². The van der Waals surface area contributed by atoms with Gasteiger partial charge in [0.1, 0.15) is 22.9 Å². The number of fused-ring (bicyclic) bond motifs is 2. The van der Waals surface area contributed by atoms with Crippen LogP contribution in [0.4, 0.5) is 20.5 Å². The summed E-state index contributed by atoms with van der Waals surface area (Å²) in [6.45, 7) is 10.1. The Morgan fingerprint density at radius 2 is 1.97 bits per heavy atom. The van der Waals surface area contributed by atoms with Crippen LogP contribution in [0.25, 0.3) is 22.3 Å². The van der Waals surface area contributed by atoms with Gasteiger partial charge in [-0.1, -0.05) is 6.07 Å². The molecular formula is C27H30F2N8O. The number of benzene rings is 1. The minimum atomic E-state index is -0.644. The van der Waals surface area contributed by atoms with Crippen molar-refractivity contribution in [1.82, 2.24) is 34.7 Å². The molecule has 2 aliphatic heterocycles. The number of aromatic nitrogens is 5. The normalized spacial score (nSPS) is 19.8. The van der Waals surface area contributed by atoms with Crippen LogP contribution in [0.5, 0.6) is 0 Å². The van der Waals surface area contributed by atoms with E-state index in [1.54, 1.807) is 6.07 Å². The molecule has 2 fully saturated rings. The lowest BCUT2D eigenvalue weighted by Gasteiger charge is -2.25. The zero-order valence-electron chi connectivity index (χ0n) is 21.6. The second-order valence-electron chi connectivity index (χ2n) is 10.2. The Morgan fingerprint density at radius 3 is 2.74 bits per heavy atom. The number of pyridine rings is 1. The van der Waals surface area contributed by atoms with Crippen LogP contribution >= 0.6 is 0 Å². The van der Waals surface area contributed by atoms with E-state index in [0.717, 1.165) is 44.5 Å². The molecule has 38 heavy (non-hydrogen) atoms. The minimum Gasteiger partial charge on any atom is -0.374 e. The van der Waals surface area contributed by atoms with E-state index in [1.165, 1.54) is 6.07 Å². The molecule has 2 atom stereocenters. The van der Waals surface area contributed by atoms with Crippen molar-refractivity contribution in [1.29, 1.82) is 0 Å². The average molecular weight is 521 g/mol. The summed E-state index contributed by atoms with van der Waals surface area (Å²) >= 11 is 0. The maximum absolute atomic E-state index is 15.0. The number of aryl methyl sites for hydroxylation is 1. The number of anilines is 2. The van der Waals surface area contributed by atoms with Crippen molar-refractivity contribution in [2.24, 2.45) is 0 Å². The lowest BCUT2D eigenvalue weighted by Crippen LogP contribution is -2.47. The second kappa shape index (κ2) is 9.97. The topological polar surface area (TPSA) is 93.0 Å². The summed E-state index contributed by atoms with van der Waals surface area (Å²) in [4.78, 5) is 19.6. The molecule has 5 heterocycles. The van der Waals surface area contributed by atoms with Crippen LogP contribution in [0, 0.1) is 18.6 Å². The van der Waals surface area contributed by atoms with Gasteiger partial charge in [0.2, 0.25) is 5.95 Å². The molecule has 6 rings (SSSR count). The summed E-state index contributed by atoms with van der Waals surface area (Å²) in [5.74, 6) is 0.224. The van der Waals surface area contributed by atoms with Gasteiger partial charge in [0, 0.05) is 50.0 Å². The first-order valence-electron chi connectivity index (χ1n) is 12.9. The molecular weight excluding hydrogens is 490 g/mol. The van der Waals surface area contributed by atoms with Gasteiger partial charge in [-0.15, -0.1) is 0 Å². The molecule has 0 saturated carbocycles. The molecule has 0 bridgehead atoms. The quantitative estimate of drug-likeness (QED) is 0.395. The van der Waals surface area contributed by atoms with Crippen molar-refractivity contribution >= 4 is 22.8 Å². The zero-order chi connectivity index (χ0) is 26.4. The van der Waals surface area contributed by atoms with Crippen LogP contribution in [-0.4, -0.2) is 67.8 Å². The number of halogens is 2. The highest BCUT2D eigenvalue weighted by Crippen LogP contribution is 2.30. The van der Waals surface area contributed by atoms with E-state index in [2.05, 4.69) is 35.5 Å². The summed E-state index contributed by atoms with van der Waals surface area (Å²) in [6, 6.07) is 7.26. The van der Waals surface area contributed by atoms with Crippen molar-refractivity contribution in [2.75, 3.05) is 31.6 Å². The largest absolute Gasteiger partial charge is 0.374 e. The van der Waals surface area contributed by atoms with Gasteiger partial charge in [0.05, 0.1) is 24.4 Å². The predicted octanol–water partition coefficient (Wildman–Crippen LogP) is 3.97. The molecule has 0 aliphatic carbocycles. The third-order valence-electron chi connectivity index (χ3n) is 7.11. The van der Waals surface area contributed by atoms with Crippen molar-refractivity contribution < 1.29 is 13.5 Å². The zero-order valence-corrected chi connectivity index (χ0v) is 21.6. The summed E-state index contributed by atoms with van der Waals surface area (Å²) in [7, 11) is 0. The van der Waals surface area contributed by atoms with E-state index in [-0.39, 0.29) is 29.3 Å². The highest BCUT2D eigenvalue weighted by Gasteiger charge is 2.35. The van der Waals surface area contributed by atoms with E-state index in [9.17, 15) is 8.78 Å². The Labute approximate surface area is 219 Å². The molecule has 0 amide bonds. The van der Waals surface area contributed by atoms with Gasteiger partial charge in [0.25, 0.3) is 0 Å². The molecule has 9 nitrogen and oxygen atoms in total. The number of hydrogen-bond donors (Lipinski definition) is 2.